The number of aryl methyl sites for hydroxylation is 1. The van der Waals surface area contributed by atoms with Crippen LogP contribution in [-0.2, 0) is 6.61 Å². The van der Waals surface area contributed by atoms with Gasteiger partial charge in [0.1, 0.15) is 12.4 Å². The van der Waals surface area contributed by atoms with Crippen molar-refractivity contribution in [3.63, 3.8) is 0 Å². The molecule has 0 aliphatic heterocycles. The molecule has 0 spiro atoms. The molecule has 1 aliphatic rings. The maximum absolute atomic E-state index is 12.3. The average Bonchev–Trinajstić information content (AvgIpc) is 3.06. The van der Waals surface area contributed by atoms with Crippen molar-refractivity contribution in [2.75, 3.05) is 0 Å². The van der Waals surface area contributed by atoms with Gasteiger partial charge in [-0.15, -0.1) is 11.3 Å². The fourth-order valence-corrected chi connectivity index (χ4v) is 3.93. The van der Waals surface area contributed by atoms with Gasteiger partial charge in [-0.05, 0) is 48.9 Å². The summed E-state index contributed by atoms with van der Waals surface area (Å²) in [6, 6.07) is 7.95. The summed E-state index contributed by atoms with van der Waals surface area (Å²) < 4.78 is 5.79. The number of benzene rings is 1. The zero-order valence-corrected chi connectivity index (χ0v) is 15.4. The molecule has 0 radical (unpaired) electrons. The minimum atomic E-state index is 0.0340. The molecule has 1 saturated carbocycles. The van der Waals surface area contributed by atoms with E-state index in [1.807, 2.05) is 36.6 Å². The smallest absolute Gasteiger partial charge is 0.261 e. The van der Waals surface area contributed by atoms with E-state index >= 15 is 0 Å². The fraction of sp³-hybridized carbons (Fsp3) is 0.421. The minimum Gasteiger partial charge on any atom is -0.487 e. The van der Waals surface area contributed by atoms with Gasteiger partial charge >= 0.3 is 0 Å². The number of hydrogen-bond donors (Lipinski definition) is 1. The van der Waals surface area contributed by atoms with Gasteiger partial charge in [-0.1, -0.05) is 36.9 Å². The van der Waals surface area contributed by atoms with Gasteiger partial charge in [-0.2, -0.15) is 0 Å². The van der Waals surface area contributed by atoms with E-state index in [0.29, 0.717) is 23.4 Å². The monoisotopic (exact) mass is 363 g/mol. The van der Waals surface area contributed by atoms with Gasteiger partial charge in [-0.3, -0.25) is 4.79 Å². The Bertz CT molecular complexity index is 707. The molecule has 3 rings (SSSR count). The van der Waals surface area contributed by atoms with Crippen LogP contribution in [0.2, 0.25) is 5.02 Å². The highest BCUT2D eigenvalue weighted by Crippen LogP contribution is 2.27. The van der Waals surface area contributed by atoms with Crippen LogP contribution in [0.4, 0.5) is 0 Å². The predicted octanol–water partition coefficient (Wildman–Crippen LogP) is 5.35. The first-order valence-corrected chi connectivity index (χ1v) is 9.65. The van der Waals surface area contributed by atoms with Crippen LogP contribution in [0.3, 0.4) is 0 Å². The first-order valence-electron chi connectivity index (χ1n) is 8.39. The fourth-order valence-electron chi connectivity index (χ4n) is 2.96. The van der Waals surface area contributed by atoms with E-state index in [1.165, 1.54) is 30.6 Å². The van der Waals surface area contributed by atoms with Crippen LogP contribution < -0.4 is 10.1 Å². The van der Waals surface area contributed by atoms with Crippen LogP contribution in [0.1, 0.15) is 52.9 Å². The van der Waals surface area contributed by atoms with Crippen LogP contribution in [0.5, 0.6) is 5.75 Å². The van der Waals surface area contributed by atoms with Gasteiger partial charge in [0.15, 0.2) is 0 Å². The number of carbonyl (C=O) groups is 1. The molecule has 0 atom stereocenters. The molecule has 1 fully saturated rings. The molecule has 128 valence electrons. The Morgan fingerprint density at radius 3 is 2.88 bits per heavy atom. The largest absolute Gasteiger partial charge is 0.487 e. The average molecular weight is 364 g/mol. The number of thiophene rings is 1. The van der Waals surface area contributed by atoms with Gasteiger partial charge < -0.3 is 10.1 Å². The molecule has 3 nitrogen and oxygen atoms in total. The van der Waals surface area contributed by atoms with Crippen LogP contribution in [0.15, 0.2) is 29.6 Å². The van der Waals surface area contributed by atoms with Crippen LogP contribution in [-0.4, -0.2) is 11.9 Å². The molecule has 1 N–H and O–H groups in total. The third kappa shape index (κ3) is 4.52. The Morgan fingerprint density at radius 1 is 1.29 bits per heavy atom. The molecule has 1 aliphatic carbocycles. The molecule has 0 bridgehead atoms. The number of nitrogens with one attached hydrogen (secondary N) is 1. The molecule has 1 heterocycles. The number of carbonyl (C=O) groups excluding carboxylic acids is 1. The van der Waals surface area contributed by atoms with Crippen molar-refractivity contribution in [2.45, 2.75) is 51.7 Å². The molecule has 0 saturated heterocycles. The van der Waals surface area contributed by atoms with Crippen molar-refractivity contribution < 1.29 is 9.53 Å². The standard InChI is InChI=1S/C19H22ClNO2S/c1-13-7-8-16(20)17(9-13)23-11-14-10-18(24-12-14)19(22)21-15-5-3-2-4-6-15/h7-10,12,15H,2-6,11H2,1H3,(H,21,22). The lowest BCUT2D eigenvalue weighted by atomic mass is 9.95. The summed E-state index contributed by atoms with van der Waals surface area (Å²) in [7, 11) is 0. The van der Waals surface area contributed by atoms with Crippen molar-refractivity contribution >= 4 is 28.8 Å². The highest BCUT2D eigenvalue weighted by molar-refractivity contribution is 7.12. The molecule has 5 heteroatoms. The molecular formula is C19H22ClNO2S. The van der Waals surface area contributed by atoms with E-state index < -0.39 is 0 Å². The van der Waals surface area contributed by atoms with E-state index in [0.717, 1.165) is 28.8 Å². The Morgan fingerprint density at radius 2 is 2.08 bits per heavy atom. The van der Waals surface area contributed by atoms with Crippen molar-refractivity contribution in [3.8, 4) is 5.75 Å². The summed E-state index contributed by atoms with van der Waals surface area (Å²) in [4.78, 5) is 13.1. The summed E-state index contributed by atoms with van der Waals surface area (Å²) >= 11 is 7.60. The quantitative estimate of drug-likeness (QED) is 0.777. The van der Waals surface area contributed by atoms with Crippen LogP contribution in [0, 0.1) is 6.92 Å². The second-order valence-corrected chi connectivity index (χ2v) is 7.67. The maximum atomic E-state index is 12.3. The molecule has 2 aromatic rings. The van der Waals surface area contributed by atoms with Crippen molar-refractivity contribution in [2.24, 2.45) is 0 Å². The van der Waals surface area contributed by atoms with Crippen LogP contribution in [0.25, 0.3) is 0 Å². The van der Waals surface area contributed by atoms with Gasteiger partial charge in [0.2, 0.25) is 0 Å². The zero-order chi connectivity index (χ0) is 16.9. The van der Waals surface area contributed by atoms with E-state index in [2.05, 4.69) is 5.32 Å². The third-order valence-corrected chi connectivity index (χ3v) is 5.59. The predicted molar refractivity (Wildman–Crippen MR) is 99.2 cm³/mol. The van der Waals surface area contributed by atoms with Crippen molar-refractivity contribution in [3.05, 3.63) is 50.7 Å². The lowest BCUT2D eigenvalue weighted by Gasteiger charge is -2.22. The number of ether oxygens (including phenoxy) is 1. The number of halogens is 1. The topological polar surface area (TPSA) is 38.3 Å². The molecule has 0 unspecified atom stereocenters. The second kappa shape index (κ2) is 8.04. The Balaban J connectivity index is 1.56. The van der Waals surface area contributed by atoms with Gasteiger partial charge in [0, 0.05) is 11.6 Å². The van der Waals surface area contributed by atoms with E-state index in [9.17, 15) is 4.79 Å². The third-order valence-electron chi connectivity index (χ3n) is 4.30. The Kier molecular flexibility index (Phi) is 5.80. The molecule has 1 amide bonds. The summed E-state index contributed by atoms with van der Waals surface area (Å²) in [6.07, 6.45) is 5.91. The number of hydrogen-bond acceptors (Lipinski definition) is 3. The van der Waals surface area contributed by atoms with E-state index in [4.69, 9.17) is 16.3 Å². The zero-order valence-electron chi connectivity index (χ0n) is 13.8. The lowest BCUT2D eigenvalue weighted by Crippen LogP contribution is -2.35. The molecule has 1 aromatic heterocycles. The number of rotatable bonds is 5. The molecule has 1 aromatic carbocycles. The Hall–Kier alpha value is -1.52. The summed E-state index contributed by atoms with van der Waals surface area (Å²) in [5, 5.41) is 5.72. The van der Waals surface area contributed by atoms with Gasteiger partial charge in [0.05, 0.1) is 9.90 Å². The second-order valence-electron chi connectivity index (χ2n) is 6.35. The number of amides is 1. The first-order chi connectivity index (χ1) is 11.6. The molecule has 24 heavy (non-hydrogen) atoms. The van der Waals surface area contributed by atoms with Crippen molar-refractivity contribution in [1.82, 2.24) is 5.32 Å². The first kappa shape index (κ1) is 17.3. The summed E-state index contributed by atoms with van der Waals surface area (Å²) in [6.45, 7) is 2.41. The Labute approximate surface area is 152 Å². The SMILES string of the molecule is Cc1ccc(Cl)c(OCc2csc(C(=O)NC3CCCCC3)c2)c1. The highest BCUT2D eigenvalue weighted by atomic mass is 35.5. The minimum absolute atomic E-state index is 0.0340. The summed E-state index contributed by atoms with van der Waals surface area (Å²) in [5.41, 5.74) is 2.10. The summed E-state index contributed by atoms with van der Waals surface area (Å²) in [5.74, 6) is 0.711. The highest BCUT2D eigenvalue weighted by Gasteiger charge is 2.17. The van der Waals surface area contributed by atoms with Crippen molar-refractivity contribution in [1.29, 1.82) is 0 Å². The maximum Gasteiger partial charge on any atom is 0.261 e. The van der Waals surface area contributed by atoms with E-state index in [1.54, 1.807) is 0 Å². The lowest BCUT2D eigenvalue weighted by molar-refractivity contribution is 0.0932. The van der Waals surface area contributed by atoms with Crippen LogP contribution >= 0.6 is 22.9 Å². The van der Waals surface area contributed by atoms with E-state index in [-0.39, 0.29) is 5.91 Å². The normalized spacial score (nSPS) is 15.2. The van der Waals surface area contributed by atoms with Gasteiger partial charge in [-0.25, -0.2) is 0 Å². The van der Waals surface area contributed by atoms with Gasteiger partial charge in [0.25, 0.3) is 5.91 Å². The molecular weight excluding hydrogens is 342 g/mol.